The average Bonchev–Trinajstić information content (AvgIpc) is 3.14. The summed E-state index contributed by atoms with van der Waals surface area (Å²) >= 11 is 0. The minimum Gasteiger partial charge on any atom is -0.493 e. The predicted octanol–water partition coefficient (Wildman–Crippen LogP) is 3.40. The molecule has 2 aliphatic heterocycles. The molecule has 1 unspecified atom stereocenters. The highest BCUT2D eigenvalue weighted by atomic mass is 19.1. The Balaban J connectivity index is 1.22. The van der Waals surface area contributed by atoms with Crippen molar-refractivity contribution in [1.29, 1.82) is 0 Å². The molecule has 1 fully saturated rings. The van der Waals surface area contributed by atoms with Gasteiger partial charge in [0, 0.05) is 25.7 Å². The first-order chi connectivity index (χ1) is 12.8. The van der Waals surface area contributed by atoms with Gasteiger partial charge < -0.3 is 18.9 Å². The zero-order valence-electron chi connectivity index (χ0n) is 14.5. The zero-order valence-corrected chi connectivity index (χ0v) is 14.5. The van der Waals surface area contributed by atoms with Gasteiger partial charge in [-0.25, -0.2) is 4.39 Å². The highest BCUT2D eigenvalue weighted by molar-refractivity contribution is 5.46. The number of ether oxygens (including phenoxy) is 4. The summed E-state index contributed by atoms with van der Waals surface area (Å²) in [5.74, 6) is 2.07. The van der Waals surface area contributed by atoms with E-state index in [9.17, 15) is 4.39 Å². The maximum atomic E-state index is 13.1. The summed E-state index contributed by atoms with van der Waals surface area (Å²) in [5, 5.41) is 0. The Bertz CT molecular complexity index is 737. The van der Waals surface area contributed by atoms with E-state index < -0.39 is 0 Å². The maximum absolute atomic E-state index is 13.1. The van der Waals surface area contributed by atoms with Crippen molar-refractivity contribution < 1.29 is 23.3 Å². The van der Waals surface area contributed by atoms with E-state index in [1.807, 2.05) is 18.2 Å². The lowest BCUT2D eigenvalue weighted by atomic mass is 10.1. The zero-order chi connectivity index (χ0) is 17.8. The van der Waals surface area contributed by atoms with Gasteiger partial charge in [-0.05, 0) is 36.2 Å². The van der Waals surface area contributed by atoms with Crippen molar-refractivity contribution in [3.05, 3.63) is 53.8 Å². The largest absolute Gasteiger partial charge is 0.493 e. The molecule has 0 saturated carbocycles. The summed E-state index contributed by atoms with van der Waals surface area (Å²) in [7, 11) is 0. The first kappa shape index (κ1) is 17.1. The van der Waals surface area contributed by atoms with Gasteiger partial charge in [-0.15, -0.1) is 0 Å². The van der Waals surface area contributed by atoms with Gasteiger partial charge >= 0.3 is 0 Å². The highest BCUT2D eigenvalue weighted by Crippen LogP contribution is 2.35. The first-order valence-corrected chi connectivity index (χ1v) is 8.90. The number of halogens is 1. The molecule has 26 heavy (non-hydrogen) atoms. The first-order valence-electron chi connectivity index (χ1n) is 8.90. The molecule has 0 amide bonds. The standard InChI is InChI=1S/C20H22FNO4/c21-16-4-2-15(3-5-16)20-13-22(9-11-24-20)8-1-10-23-17-6-7-18-19(12-17)26-14-25-18/h2-7,12,20H,1,8-11,13-14H2. The monoisotopic (exact) mass is 359 g/mol. The molecule has 1 saturated heterocycles. The van der Waals surface area contributed by atoms with E-state index in [0.717, 1.165) is 48.9 Å². The summed E-state index contributed by atoms with van der Waals surface area (Å²) < 4.78 is 35.4. The quantitative estimate of drug-likeness (QED) is 0.740. The molecule has 2 aromatic carbocycles. The van der Waals surface area contributed by atoms with Crippen molar-refractivity contribution in [3.8, 4) is 17.2 Å². The summed E-state index contributed by atoms with van der Waals surface area (Å²) in [5.41, 5.74) is 1.02. The summed E-state index contributed by atoms with van der Waals surface area (Å²) in [6, 6.07) is 12.2. The Kier molecular flexibility index (Phi) is 5.22. The van der Waals surface area contributed by atoms with E-state index in [-0.39, 0.29) is 18.7 Å². The van der Waals surface area contributed by atoms with Crippen LogP contribution >= 0.6 is 0 Å². The molecule has 2 aromatic rings. The minimum atomic E-state index is -0.220. The molecular formula is C20H22FNO4. The number of fused-ring (bicyclic) bond motifs is 1. The van der Waals surface area contributed by atoms with Crippen molar-refractivity contribution in [1.82, 2.24) is 4.90 Å². The average molecular weight is 359 g/mol. The van der Waals surface area contributed by atoms with E-state index in [2.05, 4.69) is 4.90 Å². The molecule has 5 nitrogen and oxygen atoms in total. The van der Waals surface area contributed by atoms with E-state index in [1.54, 1.807) is 12.1 Å². The second-order valence-electron chi connectivity index (χ2n) is 6.43. The number of nitrogens with zero attached hydrogens (tertiary/aromatic N) is 1. The lowest BCUT2D eigenvalue weighted by Gasteiger charge is -2.33. The van der Waals surface area contributed by atoms with Gasteiger partial charge in [0.1, 0.15) is 11.6 Å². The van der Waals surface area contributed by atoms with Crippen molar-refractivity contribution in [2.24, 2.45) is 0 Å². The lowest BCUT2D eigenvalue weighted by Crippen LogP contribution is -2.39. The van der Waals surface area contributed by atoms with Crippen LogP contribution in [-0.2, 0) is 4.74 Å². The fourth-order valence-electron chi connectivity index (χ4n) is 3.23. The van der Waals surface area contributed by atoms with E-state index in [0.29, 0.717) is 13.2 Å². The van der Waals surface area contributed by atoms with Gasteiger partial charge in [0.2, 0.25) is 6.79 Å². The van der Waals surface area contributed by atoms with Crippen LogP contribution in [0.5, 0.6) is 17.2 Å². The smallest absolute Gasteiger partial charge is 0.231 e. The van der Waals surface area contributed by atoms with Gasteiger partial charge in [-0.1, -0.05) is 12.1 Å². The highest BCUT2D eigenvalue weighted by Gasteiger charge is 2.21. The SMILES string of the molecule is Fc1ccc(C2CN(CCCOc3ccc4c(c3)OCO4)CCO2)cc1. The van der Waals surface area contributed by atoms with Crippen LogP contribution in [0.2, 0.25) is 0 Å². The molecule has 0 radical (unpaired) electrons. The van der Waals surface area contributed by atoms with Gasteiger partial charge in [-0.2, -0.15) is 0 Å². The number of benzene rings is 2. The Labute approximate surface area is 152 Å². The fraction of sp³-hybridized carbons (Fsp3) is 0.400. The van der Waals surface area contributed by atoms with Crippen LogP contribution in [0.1, 0.15) is 18.1 Å². The van der Waals surface area contributed by atoms with Crippen LogP contribution < -0.4 is 14.2 Å². The van der Waals surface area contributed by atoms with Gasteiger partial charge in [0.15, 0.2) is 11.5 Å². The molecule has 0 N–H and O–H groups in total. The molecule has 2 aliphatic rings. The molecule has 6 heteroatoms. The normalized spacial score (nSPS) is 19.5. The van der Waals surface area contributed by atoms with E-state index >= 15 is 0 Å². The lowest BCUT2D eigenvalue weighted by molar-refractivity contribution is -0.0310. The second-order valence-corrected chi connectivity index (χ2v) is 6.43. The molecule has 0 bridgehead atoms. The number of hydrogen-bond acceptors (Lipinski definition) is 5. The van der Waals surface area contributed by atoms with Gasteiger partial charge in [0.25, 0.3) is 0 Å². The molecular weight excluding hydrogens is 337 g/mol. The molecule has 0 aromatic heterocycles. The number of hydrogen-bond donors (Lipinski definition) is 0. The van der Waals surface area contributed by atoms with Crippen LogP contribution in [0, 0.1) is 5.82 Å². The topological polar surface area (TPSA) is 40.2 Å². The second kappa shape index (κ2) is 7.93. The Morgan fingerprint density at radius 2 is 1.92 bits per heavy atom. The molecule has 0 spiro atoms. The Morgan fingerprint density at radius 1 is 1.08 bits per heavy atom. The molecule has 0 aliphatic carbocycles. The van der Waals surface area contributed by atoms with E-state index in [4.69, 9.17) is 18.9 Å². The summed E-state index contributed by atoms with van der Waals surface area (Å²) in [6.07, 6.45) is 0.920. The van der Waals surface area contributed by atoms with Crippen molar-refractivity contribution in [3.63, 3.8) is 0 Å². The predicted molar refractivity (Wildman–Crippen MR) is 94.2 cm³/mol. The number of morpholine rings is 1. The molecule has 1 atom stereocenters. The fourth-order valence-corrected chi connectivity index (χ4v) is 3.23. The Hall–Kier alpha value is -2.31. The summed E-state index contributed by atoms with van der Waals surface area (Å²) in [6.45, 7) is 4.25. The Morgan fingerprint density at radius 3 is 2.81 bits per heavy atom. The van der Waals surface area contributed by atoms with Crippen LogP contribution in [0.25, 0.3) is 0 Å². The van der Waals surface area contributed by atoms with Crippen molar-refractivity contribution in [2.45, 2.75) is 12.5 Å². The minimum absolute atomic E-state index is 0.000807. The van der Waals surface area contributed by atoms with Crippen molar-refractivity contribution in [2.75, 3.05) is 39.6 Å². The van der Waals surface area contributed by atoms with Crippen LogP contribution in [0.3, 0.4) is 0 Å². The van der Waals surface area contributed by atoms with Crippen LogP contribution in [0.4, 0.5) is 4.39 Å². The van der Waals surface area contributed by atoms with Gasteiger partial charge in [0.05, 0.1) is 19.3 Å². The third-order valence-electron chi connectivity index (χ3n) is 4.62. The van der Waals surface area contributed by atoms with Gasteiger partial charge in [-0.3, -0.25) is 4.90 Å². The van der Waals surface area contributed by atoms with Crippen LogP contribution in [0.15, 0.2) is 42.5 Å². The maximum Gasteiger partial charge on any atom is 0.231 e. The van der Waals surface area contributed by atoms with Crippen molar-refractivity contribution >= 4 is 0 Å². The molecule has 138 valence electrons. The third kappa shape index (κ3) is 4.08. The third-order valence-corrected chi connectivity index (χ3v) is 4.62. The molecule has 2 heterocycles. The van der Waals surface area contributed by atoms with Crippen LogP contribution in [-0.4, -0.2) is 44.5 Å². The summed E-state index contributed by atoms with van der Waals surface area (Å²) in [4.78, 5) is 2.36. The molecule has 4 rings (SSSR count). The van der Waals surface area contributed by atoms with E-state index in [1.165, 1.54) is 12.1 Å². The number of rotatable bonds is 6.